The minimum absolute atomic E-state index is 0.323. The van der Waals surface area contributed by atoms with Crippen LogP contribution in [0.15, 0.2) is 12.4 Å². The van der Waals surface area contributed by atoms with E-state index in [1.54, 1.807) is 0 Å². The minimum Gasteiger partial charge on any atom is -0.379 e. The quantitative estimate of drug-likeness (QED) is 0.526. The fourth-order valence-corrected chi connectivity index (χ4v) is 6.95. The van der Waals surface area contributed by atoms with Gasteiger partial charge in [0.1, 0.15) is 10.6 Å². The molecule has 3 aromatic heterocycles. The molecule has 3 aromatic rings. The fourth-order valence-electron chi connectivity index (χ4n) is 5.69. The van der Waals surface area contributed by atoms with Gasteiger partial charge >= 0.3 is 0 Å². The summed E-state index contributed by atoms with van der Waals surface area (Å²) in [5.41, 5.74) is 2.40. The Morgan fingerprint density at radius 3 is 2.68 bits per heavy atom. The molecule has 0 bridgehead atoms. The topological polar surface area (TPSA) is 80.1 Å². The third-order valence-electron chi connectivity index (χ3n) is 7.55. The first-order valence-corrected chi connectivity index (χ1v) is 13.7. The molecule has 34 heavy (non-hydrogen) atoms. The molecule has 2 fully saturated rings. The number of fused-ring (bicyclic) bond motifs is 3. The number of hydrogen-bond acceptors (Lipinski definition) is 8. The Balaban J connectivity index is 1.23. The van der Waals surface area contributed by atoms with Crippen molar-refractivity contribution in [2.24, 2.45) is 0 Å². The summed E-state index contributed by atoms with van der Waals surface area (Å²) in [6, 6.07) is 1.49. The number of aromatic nitrogens is 4. The zero-order valence-corrected chi connectivity index (χ0v) is 21.0. The lowest BCUT2D eigenvalue weighted by molar-refractivity contribution is 0.00791. The van der Waals surface area contributed by atoms with Gasteiger partial charge in [-0.3, -0.25) is 9.58 Å². The van der Waals surface area contributed by atoms with Gasteiger partial charge in [0.25, 0.3) is 0 Å². The molecule has 0 unspecified atom stereocenters. The van der Waals surface area contributed by atoms with E-state index in [0.717, 1.165) is 49.1 Å². The lowest BCUT2D eigenvalue weighted by Gasteiger charge is -2.39. The van der Waals surface area contributed by atoms with Gasteiger partial charge in [0.15, 0.2) is 0 Å². The third-order valence-corrected chi connectivity index (χ3v) is 8.74. The molecule has 9 heteroatoms. The van der Waals surface area contributed by atoms with E-state index in [4.69, 9.17) is 14.7 Å². The summed E-state index contributed by atoms with van der Waals surface area (Å²) in [5, 5.41) is 13.0. The van der Waals surface area contributed by atoms with Gasteiger partial charge in [-0.1, -0.05) is 0 Å². The Morgan fingerprint density at radius 2 is 1.91 bits per heavy atom. The van der Waals surface area contributed by atoms with E-state index in [-0.39, 0.29) is 0 Å². The van der Waals surface area contributed by atoms with Crippen molar-refractivity contribution in [3.8, 4) is 0 Å². The van der Waals surface area contributed by atoms with E-state index in [2.05, 4.69) is 34.5 Å². The standard InChI is InChI=1S/C25H35N7OS/c1-16(2)32-15-18(14-26-32)28-25-29-23(22-20-4-3-5-21(20)34-24(22)30-25)27-17-6-8-19(9-7-17)31-10-12-33-13-11-31/h14-17,19H,3-13H2,1-2H3,(H2,27,28,29,30)/t17-,19-. The molecule has 4 heterocycles. The number of ether oxygens (including phenoxy) is 1. The summed E-state index contributed by atoms with van der Waals surface area (Å²) in [7, 11) is 0. The number of aryl methyl sites for hydroxylation is 2. The molecule has 0 spiro atoms. The van der Waals surface area contributed by atoms with E-state index in [1.807, 2.05) is 28.4 Å². The molecule has 6 rings (SSSR count). The van der Waals surface area contributed by atoms with Crippen molar-refractivity contribution >= 4 is 39.0 Å². The molecule has 8 nitrogen and oxygen atoms in total. The van der Waals surface area contributed by atoms with E-state index in [9.17, 15) is 0 Å². The molecule has 1 saturated heterocycles. The SMILES string of the molecule is CC(C)n1cc(Nc2nc(N[C@H]3CC[C@H](N4CCOCC4)CC3)c3c4c(sc3n2)CCC4)cn1. The summed E-state index contributed by atoms with van der Waals surface area (Å²) in [6.45, 7) is 8.18. The molecule has 3 aliphatic rings. The van der Waals surface area contributed by atoms with Crippen molar-refractivity contribution in [2.75, 3.05) is 36.9 Å². The maximum absolute atomic E-state index is 5.55. The molecule has 1 aliphatic heterocycles. The summed E-state index contributed by atoms with van der Waals surface area (Å²) in [4.78, 5) is 15.2. The molecule has 0 aromatic carbocycles. The Labute approximate surface area is 205 Å². The van der Waals surface area contributed by atoms with Gasteiger partial charge in [-0.05, 0) is 64.4 Å². The predicted molar refractivity (Wildman–Crippen MR) is 137 cm³/mol. The fraction of sp³-hybridized carbons (Fsp3) is 0.640. The van der Waals surface area contributed by atoms with E-state index >= 15 is 0 Å². The van der Waals surface area contributed by atoms with Gasteiger partial charge < -0.3 is 15.4 Å². The Hall–Kier alpha value is -2.23. The average Bonchev–Trinajstić information content (AvgIpc) is 3.57. The van der Waals surface area contributed by atoms with Gasteiger partial charge in [0, 0.05) is 42.3 Å². The van der Waals surface area contributed by atoms with Crippen LogP contribution in [0.2, 0.25) is 0 Å². The van der Waals surface area contributed by atoms with Crippen molar-refractivity contribution in [1.82, 2.24) is 24.6 Å². The maximum Gasteiger partial charge on any atom is 0.230 e. The van der Waals surface area contributed by atoms with Crippen molar-refractivity contribution < 1.29 is 4.74 Å². The number of anilines is 3. The Bertz CT molecular complexity index is 1140. The molecule has 182 valence electrons. The number of nitrogens with one attached hydrogen (secondary N) is 2. The number of rotatable bonds is 6. The maximum atomic E-state index is 5.55. The second-order valence-corrected chi connectivity index (χ2v) is 11.2. The highest BCUT2D eigenvalue weighted by Gasteiger charge is 2.29. The van der Waals surface area contributed by atoms with Crippen LogP contribution in [0.4, 0.5) is 17.5 Å². The molecule has 2 aliphatic carbocycles. The van der Waals surface area contributed by atoms with Crippen LogP contribution in [0, 0.1) is 0 Å². The first kappa shape index (κ1) is 22.2. The summed E-state index contributed by atoms with van der Waals surface area (Å²) in [6.07, 6.45) is 12.3. The van der Waals surface area contributed by atoms with Crippen LogP contribution in [0.5, 0.6) is 0 Å². The monoisotopic (exact) mass is 481 g/mol. The van der Waals surface area contributed by atoms with Gasteiger partial charge in [-0.25, -0.2) is 4.98 Å². The van der Waals surface area contributed by atoms with Gasteiger partial charge in [0.05, 0.1) is 30.5 Å². The molecular weight excluding hydrogens is 446 g/mol. The highest BCUT2D eigenvalue weighted by molar-refractivity contribution is 7.19. The van der Waals surface area contributed by atoms with Crippen LogP contribution in [0.3, 0.4) is 0 Å². The minimum atomic E-state index is 0.323. The molecule has 1 saturated carbocycles. The van der Waals surface area contributed by atoms with Crippen molar-refractivity contribution in [3.63, 3.8) is 0 Å². The van der Waals surface area contributed by atoms with Crippen LogP contribution >= 0.6 is 11.3 Å². The van der Waals surface area contributed by atoms with Gasteiger partial charge in [-0.2, -0.15) is 10.1 Å². The van der Waals surface area contributed by atoms with Crippen LogP contribution in [-0.4, -0.2) is 63.0 Å². The zero-order valence-electron chi connectivity index (χ0n) is 20.2. The van der Waals surface area contributed by atoms with E-state index < -0.39 is 0 Å². The normalized spacial score (nSPS) is 23.5. The lowest BCUT2D eigenvalue weighted by atomic mass is 9.90. The zero-order chi connectivity index (χ0) is 23.1. The predicted octanol–water partition coefficient (Wildman–Crippen LogP) is 4.76. The Kier molecular flexibility index (Phi) is 6.17. The smallest absolute Gasteiger partial charge is 0.230 e. The van der Waals surface area contributed by atoms with Gasteiger partial charge in [-0.15, -0.1) is 11.3 Å². The average molecular weight is 482 g/mol. The van der Waals surface area contributed by atoms with E-state index in [1.165, 1.54) is 54.4 Å². The second-order valence-electron chi connectivity index (χ2n) is 10.2. The van der Waals surface area contributed by atoms with Gasteiger partial charge in [0.2, 0.25) is 5.95 Å². The van der Waals surface area contributed by atoms with E-state index in [0.29, 0.717) is 24.1 Å². The first-order valence-electron chi connectivity index (χ1n) is 12.9. The molecule has 2 N–H and O–H groups in total. The third kappa shape index (κ3) is 4.41. The molecule has 0 atom stereocenters. The number of morpholine rings is 1. The van der Waals surface area contributed by atoms with Crippen molar-refractivity contribution in [3.05, 3.63) is 22.8 Å². The highest BCUT2D eigenvalue weighted by Crippen LogP contribution is 2.41. The van der Waals surface area contributed by atoms with Crippen LogP contribution in [0.1, 0.15) is 62.4 Å². The lowest BCUT2D eigenvalue weighted by Crippen LogP contribution is -2.46. The Morgan fingerprint density at radius 1 is 1.09 bits per heavy atom. The van der Waals surface area contributed by atoms with Crippen LogP contribution in [-0.2, 0) is 17.6 Å². The number of nitrogens with zero attached hydrogens (tertiary/aromatic N) is 5. The molecular formula is C25H35N7OS. The van der Waals surface area contributed by atoms with Crippen molar-refractivity contribution in [1.29, 1.82) is 0 Å². The number of thiophene rings is 1. The van der Waals surface area contributed by atoms with Crippen LogP contribution in [0.25, 0.3) is 10.2 Å². The summed E-state index contributed by atoms with van der Waals surface area (Å²) < 4.78 is 7.50. The summed E-state index contributed by atoms with van der Waals surface area (Å²) in [5.74, 6) is 1.67. The summed E-state index contributed by atoms with van der Waals surface area (Å²) >= 11 is 1.85. The molecule has 0 radical (unpaired) electrons. The molecule has 0 amide bonds. The number of hydrogen-bond donors (Lipinski definition) is 2. The van der Waals surface area contributed by atoms with Crippen LogP contribution < -0.4 is 10.6 Å². The largest absolute Gasteiger partial charge is 0.379 e. The highest BCUT2D eigenvalue weighted by atomic mass is 32.1. The second kappa shape index (κ2) is 9.43. The first-order chi connectivity index (χ1) is 16.6. The van der Waals surface area contributed by atoms with Crippen molar-refractivity contribution in [2.45, 2.75) is 76.9 Å².